The molecule has 1 aromatic heterocycles. The van der Waals surface area contributed by atoms with Crippen LogP contribution in [0.4, 0.5) is 17.1 Å². The number of rotatable bonds is 12. The van der Waals surface area contributed by atoms with Crippen LogP contribution in [-0.2, 0) is 0 Å². The summed E-state index contributed by atoms with van der Waals surface area (Å²) < 4.78 is 0. The number of anilines is 1. The first-order valence-electron chi connectivity index (χ1n) is 11.3. The van der Waals surface area contributed by atoms with E-state index >= 15 is 0 Å². The monoisotopic (exact) mass is 436 g/mol. The molecule has 3 rings (SSSR count). The molecule has 2 aromatic carbocycles. The first-order valence-corrected chi connectivity index (χ1v) is 11.3. The molecule has 0 fully saturated rings. The number of aromatic amines is 2. The molecule has 0 aliphatic carbocycles. The molecule has 3 N–H and O–H groups in total. The predicted octanol–water partition coefficient (Wildman–Crippen LogP) is 4.95. The fourth-order valence-corrected chi connectivity index (χ4v) is 3.56. The molecular weight excluding hydrogens is 404 g/mol. The second kappa shape index (κ2) is 12.0. The van der Waals surface area contributed by atoms with Crippen LogP contribution < -0.4 is 16.6 Å². The number of nitrogens with zero attached hydrogens (tertiary/aromatic N) is 3. The summed E-state index contributed by atoms with van der Waals surface area (Å²) in [5.74, 6) is 0. The molecule has 0 radical (unpaired) electrons. The summed E-state index contributed by atoms with van der Waals surface area (Å²) in [7, 11) is 0. The van der Waals surface area contributed by atoms with Crippen LogP contribution in [0.15, 0.2) is 62.4 Å². The second-order valence-electron chi connectivity index (χ2n) is 7.81. The largest absolute Gasteiger partial charge is 0.383 e. The van der Waals surface area contributed by atoms with Gasteiger partial charge in [-0.1, -0.05) is 51.0 Å². The Morgan fingerprint density at radius 2 is 1.56 bits per heavy atom. The Bertz CT molecular complexity index is 1140. The van der Waals surface area contributed by atoms with Crippen molar-refractivity contribution in [2.75, 3.05) is 31.5 Å². The van der Waals surface area contributed by atoms with Crippen LogP contribution in [0.5, 0.6) is 0 Å². The van der Waals surface area contributed by atoms with E-state index in [9.17, 15) is 9.59 Å². The molecule has 0 bridgehead atoms. The van der Waals surface area contributed by atoms with E-state index in [-0.39, 0.29) is 5.69 Å². The van der Waals surface area contributed by atoms with Crippen LogP contribution >= 0.6 is 0 Å². The molecule has 3 aromatic rings. The van der Waals surface area contributed by atoms with Gasteiger partial charge in [-0.15, -0.1) is 10.2 Å². The zero-order valence-electron chi connectivity index (χ0n) is 18.9. The van der Waals surface area contributed by atoms with Gasteiger partial charge in [0.1, 0.15) is 0 Å². The van der Waals surface area contributed by atoms with Gasteiger partial charge in [-0.3, -0.25) is 9.78 Å². The van der Waals surface area contributed by atoms with Crippen molar-refractivity contribution in [2.45, 2.75) is 39.5 Å². The van der Waals surface area contributed by atoms with Gasteiger partial charge >= 0.3 is 5.69 Å². The molecule has 0 saturated carbocycles. The minimum atomic E-state index is -0.573. The second-order valence-corrected chi connectivity index (χ2v) is 7.81. The lowest BCUT2D eigenvalue weighted by Gasteiger charge is -2.22. The van der Waals surface area contributed by atoms with Gasteiger partial charge in [-0.25, -0.2) is 4.79 Å². The number of azo groups is 1. The van der Waals surface area contributed by atoms with Crippen molar-refractivity contribution in [1.29, 1.82) is 0 Å². The molecule has 0 unspecified atom stereocenters. The van der Waals surface area contributed by atoms with Gasteiger partial charge in [-0.2, -0.15) is 0 Å². The smallest absolute Gasteiger partial charge is 0.325 e. The highest BCUT2D eigenvalue weighted by Crippen LogP contribution is 2.32. The van der Waals surface area contributed by atoms with Crippen LogP contribution in [0, 0.1) is 0 Å². The van der Waals surface area contributed by atoms with Crippen molar-refractivity contribution in [2.24, 2.45) is 10.2 Å². The fraction of sp³-hybridized carbons (Fsp3) is 0.417. The van der Waals surface area contributed by atoms with Crippen molar-refractivity contribution in [1.82, 2.24) is 14.9 Å². The highest BCUT2D eigenvalue weighted by molar-refractivity contribution is 6.00. The first kappa shape index (κ1) is 23.4. The van der Waals surface area contributed by atoms with Gasteiger partial charge in [0, 0.05) is 35.7 Å². The molecule has 1 heterocycles. The number of nitrogens with one attached hydrogen (secondary N) is 3. The third-order valence-corrected chi connectivity index (χ3v) is 5.37. The Hall–Kier alpha value is -3.26. The lowest BCUT2D eigenvalue weighted by Crippen LogP contribution is -2.31. The number of fused-ring (bicyclic) bond motifs is 1. The molecule has 8 heteroatoms. The van der Waals surface area contributed by atoms with Crippen LogP contribution in [0.1, 0.15) is 39.5 Å². The van der Waals surface area contributed by atoms with E-state index in [0.29, 0.717) is 5.69 Å². The number of hydrogen-bond donors (Lipinski definition) is 3. The molecule has 0 atom stereocenters. The third kappa shape index (κ3) is 6.37. The molecule has 32 heavy (non-hydrogen) atoms. The van der Waals surface area contributed by atoms with Gasteiger partial charge in [0.15, 0.2) is 5.69 Å². The van der Waals surface area contributed by atoms with Gasteiger partial charge in [0.2, 0.25) is 0 Å². The van der Waals surface area contributed by atoms with Crippen LogP contribution in [0.25, 0.3) is 10.8 Å². The SMILES string of the molecule is CCCCN(CCCC)CCNc1ccc(N=Nc2c[nH]c(=O)[nH]c2=O)c2ccccc12. The minimum Gasteiger partial charge on any atom is -0.383 e. The van der Waals surface area contributed by atoms with E-state index in [0.717, 1.165) is 42.6 Å². The normalized spacial score (nSPS) is 11.6. The average molecular weight is 437 g/mol. The van der Waals surface area contributed by atoms with Crippen LogP contribution in [0.2, 0.25) is 0 Å². The van der Waals surface area contributed by atoms with E-state index in [1.807, 2.05) is 30.3 Å². The number of benzene rings is 2. The van der Waals surface area contributed by atoms with E-state index < -0.39 is 11.2 Å². The molecule has 0 aliphatic rings. The Morgan fingerprint density at radius 1 is 0.875 bits per heavy atom. The maximum Gasteiger partial charge on any atom is 0.325 e. The predicted molar refractivity (Wildman–Crippen MR) is 131 cm³/mol. The number of H-pyrrole nitrogens is 2. The standard InChI is InChI=1S/C24H32N6O2/c1-3-5-14-30(15-6-4-2)16-13-25-20-11-12-21(19-10-8-7-9-18(19)20)28-29-22-17-26-24(32)27-23(22)31/h7-12,17,25H,3-6,13-16H2,1-2H3,(H2,26,27,31,32). The highest BCUT2D eigenvalue weighted by atomic mass is 16.2. The van der Waals surface area contributed by atoms with Gasteiger partial charge < -0.3 is 15.2 Å². The topological polar surface area (TPSA) is 106 Å². The summed E-state index contributed by atoms with van der Waals surface area (Å²) in [6, 6.07) is 11.9. The summed E-state index contributed by atoms with van der Waals surface area (Å²) >= 11 is 0. The lowest BCUT2D eigenvalue weighted by molar-refractivity contribution is 0.275. The third-order valence-electron chi connectivity index (χ3n) is 5.37. The molecular formula is C24H32N6O2. The summed E-state index contributed by atoms with van der Waals surface area (Å²) in [6.45, 7) is 8.61. The molecule has 0 amide bonds. The maximum absolute atomic E-state index is 11.8. The van der Waals surface area contributed by atoms with E-state index in [1.165, 1.54) is 31.9 Å². The van der Waals surface area contributed by atoms with Crippen molar-refractivity contribution in [3.8, 4) is 0 Å². The quantitative estimate of drug-likeness (QED) is 0.349. The first-order chi connectivity index (χ1) is 15.6. The Balaban J connectivity index is 1.75. The average Bonchev–Trinajstić information content (AvgIpc) is 2.80. The number of hydrogen-bond acceptors (Lipinski definition) is 6. The number of unbranched alkanes of at least 4 members (excludes halogenated alkanes) is 2. The van der Waals surface area contributed by atoms with Gasteiger partial charge in [0.25, 0.3) is 5.56 Å². The van der Waals surface area contributed by atoms with Gasteiger partial charge in [0.05, 0.1) is 5.69 Å². The zero-order chi connectivity index (χ0) is 22.8. The Morgan fingerprint density at radius 3 is 2.25 bits per heavy atom. The maximum atomic E-state index is 11.8. The summed E-state index contributed by atoms with van der Waals surface area (Å²) in [6.07, 6.45) is 6.13. The summed E-state index contributed by atoms with van der Waals surface area (Å²) in [5, 5.41) is 13.9. The van der Waals surface area contributed by atoms with Gasteiger partial charge in [-0.05, 0) is 38.1 Å². The van der Waals surface area contributed by atoms with E-state index in [4.69, 9.17) is 0 Å². The van der Waals surface area contributed by atoms with Crippen LogP contribution in [-0.4, -0.2) is 41.0 Å². The van der Waals surface area contributed by atoms with Crippen molar-refractivity contribution in [3.05, 3.63) is 63.4 Å². The molecule has 170 valence electrons. The summed E-state index contributed by atoms with van der Waals surface area (Å²) in [5.41, 5.74) is 0.611. The lowest BCUT2D eigenvalue weighted by atomic mass is 10.1. The zero-order valence-corrected chi connectivity index (χ0v) is 18.9. The molecule has 0 saturated heterocycles. The Kier molecular flexibility index (Phi) is 8.74. The molecule has 0 spiro atoms. The minimum absolute atomic E-state index is 0.0510. The van der Waals surface area contributed by atoms with Crippen molar-refractivity contribution in [3.63, 3.8) is 0 Å². The van der Waals surface area contributed by atoms with Crippen LogP contribution in [0.3, 0.4) is 0 Å². The highest BCUT2D eigenvalue weighted by Gasteiger charge is 2.08. The Labute approximate surface area is 187 Å². The van der Waals surface area contributed by atoms with E-state index in [2.05, 4.69) is 50.3 Å². The molecule has 8 nitrogen and oxygen atoms in total. The molecule has 0 aliphatic heterocycles. The number of aromatic nitrogens is 2. The van der Waals surface area contributed by atoms with Crippen molar-refractivity contribution < 1.29 is 0 Å². The fourth-order valence-electron chi connectivity index (χ4n) is 3.56. The van der Waals surface area contributed by atoms with E-state index in [1.54, 1.807) is 0 Å². The summed E-state index contributed by atoms with van der Waals surface area (Å²) in [4.78, 5) is 30.1. The van der Waals surface area contributed by atoms with Crippen molar-refractivity contribution >= 4 is 27.8 Å².